The number of aryl methyl sites for hydroxylation is 2. The monoisotopic (exact) mass is 291 g/mol. The van der Waals surface area contributed by atoms with E-state index in [9.17, 15) is 4.39 Å². The molecule has 2 aromatic rings. The smallest absolute Gasteiger partial charge is 0.123 e. The second-order valence-electron chi connectivity index (χ2n) is 5.33. The van der Waals surface area contributed by atoms with Gasteiger partial charge in [-0.15, -0.1) is 0 Å². The fraction of sp³-hybridized carbons (Fsp3) is 0.294. The molecule has 1 unspecified atom stereocenters. The zero-order valence-corrected chi connectivity index (χ0v) is 12.5. The number of hydrogen-bond acceptors (Lipinski definition) is 1. The van der Waals surface area contributed by atoms with Crippen molar-refractivity contribution < 1.29 is 4.39 Å². The second kappa shape index (κ2) is 6.38. The highest BCUT2D eigenvalue weighted by Gasteiger charge is 2.11. The van der Waals surface area contributed by atoms with Crippen molar-refractivity contribution in [2.24, 2.45) is 5.73 Å². The minimum atomic E-state index is -0.275. The highest BCUT2D eigenvalue weighted by Crippen LogP contribution is 2.20. The first kappa shape index (κ1) is 15.0. The van der Waals surface area contributed by atoms with Crippen LogP contribution in [0, 0.1) is 19.7 Å². The van der Waals surface area contributed by atoms with E-state index in [4.69, 9.17) is 17.3 Å². The molecule has 0 radical (unpaired) electrons. The Labute approximate surface area is 124 Å². The summed E-state index contributed by atoms with van der Waals surface area (Å²) >= 11 is 6.08. The van der Waals surface area contributed by atoms with E-state index in [-0.39, 0.29) is 11.9 Å². The van der Waals surface area contributed by atoms with Crippen molar-refractivity contribution in [1.29, 1.82) is 0 Å². The molecule has 1 nitrogen and oxygen atoms in total. The standard InChI is InChI=1S/C17H19ClFN/c1-11-3-4-12(2)13(7-11)9-16(20)10-14-8-15(19)5-6-17(14)18/h3-8,16H,9-10,20H2,1-2H3. The third-order valence-corrected chi connectivity index (χ3v) is 3.85. The van der Waals surface area contributed by atoms with E-state index in [0.29, 0.717) is 11.4 Å². The van der Waals surface area contributed by atoms with Crippen molar-refractivity contribution in [2.45, 2.75) is 32.7 Å². The van der Waals surface area contributed by atoms with Crippen LogP contribution in [0.25, 0.3) is 0 Å². The predicted molar refractivity (Wildman–Crippen MR) is 82.7 cm³/mol. The molecule has 3 heteroatoms. The average Bonchev–Trinajstić information content (AvgIpc) is 2.38. The van der Waals surface area contributed by atoms with Crippen LogP contribution in [0.3, 0.4) is 0 Å². The Morgan fingerprint density at radius 1 is 1.05 bits per heavy atom. The lowest BCUT2D eigenvalue weighted by Gasteiger charge is -2.15. The van der Waals surface area contributed by atoms with E-state index in [2.05, 4.69) is 32.0 Å². The van der Waals surface area contributed by atoms with E-state index < -0.39 is 0 Å². The average molecular weight is 292 g/mol. The number of benzene rings is 2. The van der Waals surface area contributed by atoms with Crippen molar-refractivity contribution in [3.05, 3.63) is 69.5 Å². The molecule has 0 aliphatic heterocycles. The summed E-state index contributed by atoms with van der Waals surface area (Å²) in [6, 6.07) is 10.7. The maximum absolute atomic E-state index is 13.2. The largest absolute Gasteiger partial charge is 0.327 e. The lowest BCUT2D eigenvalue weighted by Crippen LogP contribution is -2.26. The normalized spacial score (nSPS) is 12.4. The fourth-order valence-electron chi connectivity index (χ4n) is 2.36. The van der Waals surface area contributed by atoms with Gasteiger partial charge in [0.25, 0.3) is 0 Å². The van der Waals surface area contributed by atoms with Gasteiger partial charge in [-0.25, -0.2) is 4.39 Å². The van der Waals surface area contributed by atoms with Crippen LogP contribution >= 0.6 is 11.6 Å². The first-order valence-electron chi connectivity index (χ1n) is 6.71. The molecule has 20 heavy (non-hydrogen) atoms. The maximum atomic E-state index is 13.2. The van der Waals surface area contributed by atoms with Crippen LogP contribution in [0.1, 0.15) is 22.3 Å². The van der Waals surface area contributed by atoms with E-state index >= 15 is 0 Å². The van der Waals surface area contributed by atoms with Crippen molar-refractivity contribution in [3.8, 4) is 0 Å². The van der Waals surface area contributed by atoms with Gasteiger partial charge >= 0.3 is 0 Å². The molecular formula is C17H19ClFN. The summed E-state index contributed by atoms with van der Waals surface area (Å²) in [4.78, 5) is 0. The number of nitrogens with two attached hydrogens (primary N) is 1. The molecule has 0 saturated carbocycles. The van der Waals surface area contributed by atoms with Gasteiger partial charge in [0, 0.05) is 11.1 Å². The zero-order valence-electron chi connectivity index (χ0n) is 11.8. The van der Waals surface area contributed by atoms with Crippen LogP contribution in [-0.2, 0) is 12.8 Å². The minimum absolute atomic E-state index is 0.0743. The summed E-state index contributed by atoms with van der Waals surface area (Å²) in [5.41, 5.74) is 10.7. The maximum Gasteiger partial charge on any atom is 0.123 e. The zero-order chi connectivity index (χ0) is 14.7. The van der Waals surface area contributed by atoms with Crippen LogP contribution in [0.5, 0.6) is 0 Å². The molecule has 106 valence electrons. The SMILES string of the molecule is Cc1ccc(C)c(CC(N)Cc2cc(F)ccc2Cl)c1. The van der Waals surface area contributed by atoms with Gasteiger partial charge < -0.3 is 5.73 Å². The van der Waals surface area contributed by atoms with Gasteiger partial charge in [0.2, 0.25) is 0 Å². The van der Waals surface area contributed by atoms with Crippen LogP contribution in [0.2, 0.25) is 5.02 Å². The van der Waals surface area contributed by atoms with E-state index in [1.165, 1.54) is 28.8 Å². The Balaban J connectivity index is 2.10. The number of hydrogen-bond donors (Lipinski definition) is 1. The molecule has 2 aromatic carbocycles. The first-order chi connectivity index (χ1) is 9.45. The predicted octanol–water partition coefficient (Wildman–Crippen LogP) is 4.21. The number of halogens is 2. The summed E-state index contributed by atoms with van der Waals surface area (Å²) < 4.78 is 13.2. The van der Waals surface area contributed by atoms with Gasteiger partial charge in [0.05, 0.1) is 0 Å². The summed E-state index contributed by atoms with van der Waals surface area (Å²) in [7, 11) is 0. The summed E-state index contributed by atoms with van der Waals surface area (Å²) in [6.45, 7) is 4.15. The molecule has 1 atom stereocenters. The molecule has 0 aliphatic rings. The quantitative estimate of drug-likeness (QED) is 0.897. The summed E-state index contributed by atoms with van der Waals surface area (Å²) in [5.74, 6) is -0.275. The molecule has 0 saturated heterocycles. The lowest BCUT2D eigenvalue weighted by molar-refractivity contribution is 0.618. The van der Waals surface area contributed by atoms with Crippen molar-refractivity contribution in [3.63, 3.8) is 0 Å². The summed E-state index contributed by atoms with van der Waals surface area (Å²) in [6.07, 6.45) is 1.34. The van der Waals surface area contributed by atoms with Crippen molar-refractivity contribution in [1.82, 2.24) is 0 Å². The van der Waals surface area contributed by atoms with Gasteiger partial charge in [-0.1, -0.05) is 35.4 Å². The Bertz CT molecular complexity index is 556. The Morgan fingerprint density at radius 2 is 1.75 bits per heavy atom. The summed E-state index contributed by atoms with van der Waals surface area (Å²) in [5, 5.41) is 0.572. The van der Waals surface area contributed by atoms with Crippen LogP contribution in [0.15, 0.2) is 36.4 Å². The molecule has 0 heterocycles. The molecule has 0 amide bonds. The molecule has 0 fully saturated rings. The van der Waals surface area contributed by atoms with Crippen LogP contribution in [-0.4, -0.2) is 6.04 Å². The Morgan fingerprint density at radius 3 is 2.50 bits per heavy atom. The van der Waals surface area contributed by atoms with E-state index in [0.717, 1.165) is 12.0 Å². The molecule has 2 rings (SSSR count). The van der Waals surface area contributed by atoms with Crippen molar-refractivity contribution in [2.75, 3.05) is 0 Å². The third kappa shape index (κ3) is 3.81. The van der Waals surface area contributed by atoms with Gasteiger partial charge in [-0.05, 0) is 61.6 Å². The molecule has 0 aliphatic carbocycles. The molecule has 2 N–H and O–H groups in total. The Kier molecular flexibility index (Phi) is 4.79. The minimum Gasteiger partial charge on any atom is -0.327 e. The Hall–Kier alpha value is -1.38. The third-order valence-electron chi connectivity index (χ3n) is 3.48. The first-order valence-corrected chi connectivity index (χ1v) is 7.09. The van der Waals surface area contributed by atoms with Crippen LogP contribution < -0.4 is 5.73 Å². The fourth-order valence-corrected chi connectivity index (χ4v) is 2.55. The molecular weight excluding hydrogens is 273 g/mol. The van der Waals surface area contributed by atoms with Gasteiger partial charge in [0.1, 0.15) is 5.82 Å². The highest BCUT2D eigenvalue weighted by molar-refractivity contribution is 6.31. The topological polar surface area (TPSA) is 26.0 Å². The molecule has 0 spiro atoms. The highest BCUT2D eigenvalue weighted by atomic mass is 35.5. The second-order valence-corrected chi connectivity index (χ2v) is 5.74. The van der Waals surface area contributed by atoms with Gasteiger partial charge in [0.15, 0.2) is 0 Å². The van der Waals surface area contributed by atoms with E-state index in [1.807, 2.05) is 0 Å². The number of rotatable bonds is 4. The lowest BCUT2D eigenvalue weighted by atomic mass is 9.95. The van der Waals surface area contributed by atoms with Gasteiger partial charge in [-0.3, -0.25) is 0 Å². The van der Waals surface area contributed by atoms with Gasteiger partial charge in [-0.2, -0.15) is 0 Å². The van der Waals surface area contributed by atoms with E-state index in [1.54, 1.807) is 6.07 Å². The molecule has 0 aromatic heterocycles. The van der Waals surface area contributed by atoms with Crippen LogP contribution in [0.4, 0.5) is 4.39 Å². The van der Waals surface area contributed by atoms with Crippen molar-refractivity contribution >= 4 is 11.6 Å². The molecule has 0 bridgehead atoms.